The number of nitrogens with one attached hydrogen (secondary N) is 1. The van der Waals surface area contributed by atoms with Crippen LogP contribution in [-0.4, -0.2) is 40.8 Å². The number of hydroxylamine groups is 1. The molecule has 5 nitrogen and oxygen atoms in total. The number of aliphatic hydroxyl groups excluding tert-OH is 1. The quantitative estimate of drug-likeness (QED) is 0.294. The maximum Gasteiger partial charge on any atom is 0.267 e. The Morgan fingerprint density at radius 3 is 2.61 bits per heavy atom. The molecular formula is C22H24N2O3S. The number of rotatable bonds is 9. The molecule has 28 heavy (non-hydrogen) atoms. The van der Waals surface area contributed by atoms with Gasteiger partial charge in [-0.1, -0.05) is 36.4 Å². The Morgan fingerprint density at radius 2 is 1.86 bits per heavy atom. The molecule has 0 saturated heterocycles. The molecule has 0 aliphatic rings. The molecule has 1 aromatic heterocycles. The van der Waals surface area contributed by atoms with E-state index < -0.39 is 5.91 Å². The fourth-order valence-corrected chi connectivity index (χ4v) is 3.91. The monoisotopic (exact) mass is 396 g/mol. The summed E-state index contributed by atoms with van der Waals surface area (Å²) in [5.41, 5.74) is 4.90. The van der Waals surface area contributed by atoms with Crippen molar-refractivity contribution >= 4 is 33.4 Å². The van der Waals surface area contributed by atoms with E-state index in [1.807, 2.05) is 24.3 Å². The minimum atomic E-state index is -0.557. The minimum Gasteiger partial charge on any atom is -0.395 e. The van der Waals surface area contributed by atoms with Gasteiger partial charge in [0.05, 0.1) is 6.61 Å². The van der Waals surface area contributed by atoms with Gasteiger partial charge in [0, 0.05) is 30.4 Å². The second-order valence-electron chi connectivity index (χ2n) is 6.59. The van der Waals surface area contributed by atoms with Crippen LogP contribution in [0.5, 0.6) is 0 Å². The molecule has 0 bridgehead atoms. The van der Waals surface area contributed by atoms with E-state index in [1.54, 1.807) is 22.9 Å². The molecule has 0 unspecified atom stereocenters. The zero-order chi connectivity index (χ0) is 19.8. The molecule has 0 aliphatic carbocycles. The van der Waals surface area contributed by atoms with Crippen molar-refractivity contribution in [3.8, 4) is 0 Å². The summed E-state index contributed by atoms with van der Waals surface area (Å²) >= 11 is 1.76. The first kappa shape index (κ1) is 20.2. The maximum absolute atomic E-state index is 11.0. The predicted octanol–water partition coefficient (Wildman–Crippen LogP) is 3.46. The molecule has 3 rings (SSSR count). The van der Waals surface area contributed by atoms with Crippen LogP contribution in [0.3, 0.4) is 0 Å². The first-order valence-electron chi connectivity index (χ1n) is 9.18. The Hall–Kier alpha value is -2.51. The largest absolute Gasteiger partial charge is 0.395 e. The van der Waals surface area contributed by atoms with Gasteiger partial charge >= 0.3 is 0 Å². The lowest BCUT2D eigenvalue weighted by atomic mass is 10.1. The fraction of sp³-hybridized carbons (Fsp3) is 0.227. The van der Waals surface area contributed by atoms with Gasteiger partial charge in [-0.3, -0.25) is 14.9 Å². The summed E-state index contributed by atoms with van der Waals surface area (Å²) in [6, 6.07) is 16.6. The van der Waals surface area contributed by atoms with Gasteiger partial charge in [-0.05, 0) is 52.1 Å². The van der Waals surface area contributed by atoms with Crippen LogP contribution in [0.25, 0.3) is 16.2 Å². The molecule has 0 aliphatic heterocycles. The molecule has 1 heterocycles. The van der Waals surface area contributed by atoms with Crippen molar-refractivity contribution in [2.45, 2.75) is 13.0 Å². The van der Waals surface area contributed by atoms with Crippen LogP contribution >= 0.6 is 11.3 Å². The zero-order valence-corrected chi connectivity index (χ0v) is 16.4. The highest BCUT2D eigenvalue weighted by atomic mass is 32.1. The molecule has 0 radical (unpaired) electrons. The summed E-state index contributed by atoms with van der Waals surface area (Å²) in [6.45, 7) is 2.37. The van der Waals surface area contributed by atoms with Gasteiger partial charge in [0.15, 0.2) is 0 Å². The first-order valence-corrected chi connectivity index (χ1v) is 10.1. The van der Waals surface area contributed by atoms with Crippen molar-refractivity contribution in [3.05, 3.63) is 76.7 Å². The minimum absolute atomic E-state index is 0.126. The standard InChI is InChI=1S/C22H24N2O3S/c25-13-12-24(11-9-18-5-7-20-10-14-28-21(20)15-18)16-19-3-1-17(2-4-19)6-8-22(26)23-27/h1-8,10,14-15,25,27H,9,11-13,16H2,(H,23,26)/b8-6+. The lowest BCUT2D eigenvalue weighted by Crippen LogP contribution is -2.28. The number of carbonyl (C=O) groups is 1. The van der Waals surface area contributed by atoms with Crippen molar-refractivity contribution in [2.75, 3.05) is 19.7 Å². The topological polar surface area (TPSA) is 72.8 Å². The fourth-order valence-electron chi connectivity index (χ4n) is 3.05. The van der Waals surface area contributed by atoms with Crippen LogP contribution in [0.15, 0.2) is 60.0 Å². The Labute approximate surface area is 168 Å². The van der Waals surface area contributed by atoms with Crippen LogP contribution in [0, 0.1) is 0 Å². The average molecular weight is 397 g/mol. The van der Waals surface area contributed by atoms with Crippen LogP contribution < -0.4 is 5.48 Å². The van der Waals surface area contributed by atoms with E-state index in [-0.39, 0.29) is 6.61 Å². The van der Waals surface area contributed by atoms with Crippen molar-refractivity contribution in [2.24, 2.45) is 0 Å². The molecule has 0 spiro atoms. The van der Waals surface area contributed by atoms with Gasteiger partial charge in [-0.25, -0.2) is 5.48 Å². The Bertz CT molecular complexity index is 934. The molecule has 0 atom stereocenters. The highest BCUT2D eigenvalue weighted by Crippen LogP contribution is 2.22. The Morgan fingerprint density at radius 1 is 1.07 bits per heavy atom. The highest BCUT2D eigenvalue weighted by molar-refractivity contribution is 7.17. The molecular weight excluding hydrogens is 372 g/mol. The molecule has 1 amide bonds. The first-order chi connectivity index (χ1) is 13.7. The van der Waals surface area contributed by atoms with E-state index in [4.69, 9.17) is 5.21 Å². The maximum atomic E-state index is 11.0. The third-order valence-corrected chi connectivity index (χ3v) is 5.46. The molecule has 6 heteroatoms. The number of thiophene rings is 1. The Kier molecular flexibility index (Phi) is 7.33. The van der Waals surface area contributed by atoms with Crippen LogP contribution in [0.4, 0.5) is 0 Å². The van der Waals surface area contributed by atoms with E-state index >= 15 is 0 Å². The lowest BCUT2D eigenvalue weighted by Gasteiger charge is -2.21. The van der Waals surface area contributed by atoms with E-state index in [0.29, 0.717) is 6.54 Å². The van der Waals surface area contributed by atoms with Gasteiger partial charge in [-0.2, -0.15) is 0 Å². The van der Waals surface area contributed by atoms with Crippen LogP contribution in [0.1, 0.15) is 16.7 Å². The summed E-state index contributed by atoms with van der Waals surface area (Å²) in [5.74, 6) is -0.557. The normalized spacial score (nSPS) is 11.5. The van der Waals surface area contributed by atoms with Crippen LogP contribution in [0.2, 0.25) is 0 Å². The number of aliphatic hydroxyl groups is 1. The molecule has 0 fully saturated rings. The number of fused-ring (bicyclic) bond motifs is 1. The van der Waals surface area contributed by atoms with Gasteiger partial charge < -0.3 is 5.11 Å². The lowest BCUT2D eigenvalue weighted by molar-refractivity contribution is -0.124. The van der Waals surface area contributed by atoms with Crippen LogP contribution in [-0.2, 0) is 17.8 Å². The van der Waals surface area contributed by atoms with Crippen molar-refractivity contribution < 1.29 is 15.1 Å². The summed E-state index contributed by atoms with van der Waals surface area (Å²) in [6.07, 6.45) is 3.85. The number of hydrogen-bond acceptors (Lipinski definition) is 5. The molecule has 146 valence electrons. The Balaban J connectivity index is 1.59. The van der Waals surface area contributed by atoms with Crippen molar-refractivity contribution in [1.29, 1.82) is 0 Å². The molecule has 2 aromatic carbocycles. The average Bonchev–Trinajstić information content (AvgIpc) is 3.19. The summed E-state index contributed by atoms with van der Waals surface area (Å²) in [5, 5.41) is 21.3. The third kappa shape index (κ3) is 5.74. The van der Waals surface area contributed by atoms with Crippen molar-refractivity contribution in [1.82, 2.24) is 10.4 Å². The summed E-state index contributed by atoms with van der Waals surface area (Å²) in [4.78, 5) is 13.3. The highest BCUT2D eigenvalue weighted by Gasteiger charge is 2.07. The zero-order valence-electron chi connectivity index (χ0n) is 15.5. The second kappa shape index (κ2) is 10.1. The number of benzene rings is 2. The van der Waals surface area contributed by atoms with E-state index in [0.717, 1.165) is 30.6 Å². The second-order valence-corrected chi connectivity index (χ2v) is 7.54. The van der Waals surface area contributed by atoms with E-state index in [2.05, 4.69) is 34.5 Å². The van der Waals surface area contributed by atoms with Gasteiger partial charge in [0.2, 0.25) is 0 Å². The predicted molar refractivity (Wildman–Crippen MR) is 113 cm³/mol. The van der Waals surface area contributed by atoms with E-state index in [9.17, 15) is 9.90 Å². The molecule has 3 N–H and O–H groups in total. The number of nitrogens with zero attached hydrogens (tertiary/aromatic N) is 1. The number of carbonyl (C=O) groups excluding carboxylic acids is 1. The van der Waals surface area contributed by atoms with Crippen molar-refractivity contribution in [3.63, 3.8) is 0 Å². The SMILES string of the molecule is O=C(/C=C/c1ccc(CN(CCO)CCc2ccc3ccsc3c2)cc1)NO. The van der Waals surface area contributed by atoms with Gasteiger partial charge in [-0.15, -0.1) is 11.3 Å². The smallest absolute Gasteiger partial charge is 0.267 e. The van der Waals surface area contributed by atoms with Gasteiger partial charge in [0.1, 0.15) is 0 Å². The molecule has 3 aromatic rings. The summed E-state index contributed by atoms with van der Waals surface area (Å²) in [7, 11) is 0. The number of amides is 1. The summed E-state index contributed by atoms with van der Waals surface area (Å²) < 4.78 is 1.31. The third-order valence-electron chi connectivity index (χ3n) is 4.58. The molecule has 0 saturated carbocycles. The number of hydrogen-bond donors (Lipinski definition) is 3. The van der Waals surface area contributed by atoms with E-state index in [1.165, 1.54) is 21.7 Å². The van der Waals surface area contributed by atoms with Gasteiger partial charge in [0.25, 0.3) is 5.91 Å².